The second-order valence-corrected chi connectivity index (χ2v) is 9.24. The summed E-state index contributed by atoms with van der Waals surface area (Å²) in [6, 6.07) is 18.3. The first kappa shape index (κ1) is 21.9. The summed E-state index contributed by atoms with van der Waals surface area (Å²) in [7, 11) is 0. The van der Waals surface area contributed by atoms with Crippen LogP contribution in [-0.4, -0.2) is 30.1 Å². The van der Waals surface area contributed by atoms with Gasteiger partial charge in [0.25, 0.3) is 0 Å². The van der Waals surface area contributed by atoms with Gasteiger partial charge in [-0.25, -0.2) is 4.98 Å². The number of carbonyl (C=O) groups is 1. The maximum absolute atomic E-state index is 12.5. The Balaban J connectivity index is 1.35. The molecular weight excluding hydrogens is 430 g/mol. The number of thioether (sulfide) groups is 1. The van der Waals surface area contributed by atoms with Crippen LogP contribution in [0.5, 0.6) is 5.75 Å². The van der Waals surface area contributed by atoms with E-state index in [9.17, 15) is 4.79 Å². The number of benzene rings is 2. The number of fused-ring (bicyclic) bond motifs is 1. The van der Waals surface area contributed by atoms with Gasteiger partial charge in [-0.15, -0.1) is 11.8 Å². The standard InChI is InChI=1S/C27H27N3O2S/c31-24-9-5-8-21-22(24)11-12-25(23(21)18-33-26-10-3-4-14-28-26)32-17-13-19-6-1-2-7-20(19)27-29-15-16-30-27/h1-4,6-7,10-12,14-15,27,30H,5,8-9,13,16-18H2. The second-order valence-electron chi connectivity index (χ2n) is 8.24. The summed E-state index contributed by atoms with van der Waals surface area (Å²) in [5.41, 5.74) is 5.59. The van der Waals surface area contributed by atoms with E-state index < -0.39 is 0 Å². The molecule has 1 aromatic heterocycles. The fraction of sp³-hybridized carbons (Fsp3) is 0.296. The highest BCUT2D eigenvalue weighted by Crippen LogP contribution is 2.35. The lowest BCUT2D eigenvalue weighted by atomic mass is 9.87. The van der Waals surface area contributed by atoms with Gasteiger partial charge in [0.2, 0.25) is 0 Å². The Bertz CT molecular complexity index is 1160. The number of nitrogens with zero attached hydrogens (tertiary/aromatic N) is 2. The summed E-state index contributed by atoms with van der Waals surface area (Å²) >= 11 is 1.68. The number of ketones is 1. The van der Waals surface area contributed by atoms with Crippen LogP contribution in [0.15, 0.2) is 70.8 Å². The average Bonchev–Trinajstić information content (AvgIpc) is 3.39. The fourth-order valence-electron chi connectivity index (χ4n) is 4.52. The molecule has 5 rings (SSSR count). The van der Waals surface area contributed by atoms with Gasteiger partial charge in [0.1, 0.15) is 11.9 Å². The van der Waals surface area contributed by atoms with Gasteiger partial charge in [-0.3, -0.25) is 15.1 Å². The van der Waals surface area contributed by atoms with Crippen molar-refractivity contribution < 1.29 is 9.53 Å². The number of ether oxygens (including phenoxy) is 1. The van der Waals surface area contributed by atoms with Gasteiger partial charge >= 0.3 is 0 Å². The molecule has 0 radical (unpaired) electrons. The van der Waals surface area contributed by atoms with Crippen LogP contribution in [0.25, 0.3) is 0 Å². The lowest BCUT2D eigenvalue weighted by molar-refractivity contribution is 0.0972. The quantitative estimate of drug-likeness (QED) is 0.472. The molecule has 33 heavy (non-hydrogen) atoms. The molecule has 0 saturated heterocycles. The monoisotopic (exact) mass is 457 g/mol. The number of aliphatic imine (C=N–C) groups is 1. The van der Waals surface area contributed by atoms with Crippen LogP contribution < -0.4 is 10.1 Å². The maximum Gasteiger partial charge on any atom is 0.163 e. The third-order valence-electron chi connectivity index (χ3n) is 6.16. The Morgan fingerprint density at radius 2 is 1.97 bits per heavy atom. The number of nitrogens with one attached hydrogen (secondary N) is 1. The fourth-order valence-corrected chi connectivity index (χ4v) is 5.43. The second kappa shape index (κ2) is 10.3. The summed E-state index contributed by atoms with van der Waals surface area (Å²) < 4.78 is 6.34. The smallest absolute Gasteiger partial charge is 0.163 e. The molecule has 1 aliphatic heterocycles. The summed E-state index contributed by atoms with van der Waals surface area (Å²) in [4.78, 5) is 21.5. The molecule has 5 nitrogen and oxygen atoms in total. The minimum absolute atomic E-state index is 0.0290. The molecular formula is C27H27N3O2S. The van der Waals surface area contributed by atoms with Crippen molar-refractivity contribution in [2.45, 2.75) is 42.6 Å². The number of pyridine rings is 1. The van der Waals surface area contributed by atoms with Gasteiger partial charge in [0.05, 0.1) is 11.6 Å². The van der Waals surface area contributed by atoms with Crippen LogP contribution in [0.1, 0.15) is 51.6 Å². The van der Waals surface area contributed by atoms with Gasteiger partial charge in [0, 0.05) is 48.7 Å². The topological polar surface area (TPSA) is 63.6 Å². The third kappa shape index (κ3) is 5.02. The van der Waals surface area contributed by atoms with Crippen LogP contribution >= 0.6 is 11.8 Å². The van der Waals surface area contributed by atoms with Crippen LogP contribution in [0.3, 0.4) is 0 Å². The van der Waals surface area contributed by atoms with Gasteiger partial charge in [0.15, 0.2) is 5.78 Å². The normalized spacial score (nSPS) is 17.2. The Hall–Kier alpha value is -2.96. The minimum Gasteiger partial charge on any atom is -0.493 e. The maximum atomic E-state index is 12.5. The molecule has 1 unspecified atom stereocenters. The molecule has 6 heteroatoms. The van der Waals surface area contributed by atoms with E-state index in [-0.39, 0.29) is 11.9 Å². The van der Waals surface area contributed by atoms with Crippen molar-refractivity contribution in [3.8, 4) is 5.75 Å². The largest absolute Gasteiger partial charge is 0.493 e. The zero-order valence-corrected chi connectivity index (χ0v) is 19.3. The van der Waals surface area contributed by atoms with Crippen molar-refractivity contribution in [3.63, 3.8) is 0 Å². The van der Waals surface area contributed by atoms with Crippen molar-refractivity contribution in [2.75, 3.05) is 13.2 Å². The molecule has 168 valence electrons. The predicted octanol–water partition coefficient (Wildman–Crippen LogP) is 5.19. The van der Waals surface area contributed by atoms with Gasteiger partial charge < -0.3 is 4.74 Å². The van der Waals surface area contributed by atoms with Gasteiger partial charge in [-0.05, 0) is 53.8 Å². The molecule has 0 saturated carbocycles. The third-order valence-corrected chi connectivity index (χ3v) is 7.13. The van der Waals surface area contributed by atoms with E-state index in [4.69, 9.17) is 4.74 Å². The molecule has 2 heterocycles. The summed E-state index contributed by atoms with van der Waals surface area (Å²) in [6.45, 7) is 1.38. The number of rotatable bonds is 8. The average molecular weight is 458 g/mol. The van der Waals surface area contributed by atoms with Crippen molar-refractivity contribution in [1.82, 2.24) is 10.3 Å². The lowest BCUT2D eigenvalue weighted by Gasteiger charge is -2.22. The highest BCUT2D eigenvalue weighted by molar-refractivity contribution is 7.98. The first-order valence-corrected chi connectivity index (χ1v) is 12.5. The van der Waals surface area contributed by atoms with E-state index in [2.05, 4.69) is 39.6 Å². The number of Topliss-reactive ketones (excluding diaryl/α,β-unsaturated/α-hetero) is 1. The summed E-state index contributed by atoms with van der Waals surface area (Å²) in [6.07, 6.45) is 7.02. The molecule has 1 aliphatic carbocycles. The molecule has 2 aliphatic rings. The van der Waals surface area contributed by atoms with Gasteiger partial charge in [-0.2, -0.15) is 0 Å². The molecule has 0 fully saturated rings. The highest BCUT2D eigenvalue weighted by Gasteiger charge is 2.23. The van der Waals surface area contributed by atoms with Crippen molar-refractivity contribution in [3.05, 3.63) is 88.6 Å². The van der Waals surface area contributed by atoms with Crippen molar-refractivity contribution in [1.29, 1.82) is 0 Å². The highest BCUT2D eigenvalue weighted by atomic mass is 32.2. The first-order chi connectivity index (χ1) is 16.3. The SMILES string of the molecule is O=C1CCCc2c1ccc(OCCc1ccccc1C1N=CCN1)c2CSc1ccccn1. The molecule has 0 bridgehead atoms. The van der Waals surface area contributed by atoms with E-state index >= 15 is 0 Å². The number of aromatic nitrogens is 1. The number of hydrogen-bond donors (Lipinski definition) is 1. The Labute approximate surface area is 198 Å². The molecule has 3 aromatic rings. The van der Waals surface area contributed by atoms with E-state index in [0.29, 0.717) is 13.0 Å². The lowest BCUT2D eigenvalue weighted by Crippen LogP contribution is -2.17. The van der Waals surface area contributed by atoms with Crippen LogP contribution in [-0.2, 0) is 18.6 Å². The van der Waals surface area contributed by atoms with Crippen molar-refractivity contribution >= 4 is 23.8 Å². The molecule has 1 N–H and O–H groups in total. The number of hydrogen-bond acceptors (Lipinski definition) is 6. The van der Waals surface area contributed by atoms with E-state index in [1.54, 1.807) is 11.8 Å². The zero-order chi connectivity index (χ0) is 22.5. The Morgan fingerprint density at radius 3 is 2.82 bits per heavy atom. The summed E-state index contributed by atoms with van der Waals surface area (Å²) in [5, 5.41) is 4.37. The molecule has 2 aromatic carbocycles. The molecule has 0 spiro atoms. The van der Waals surface area contributed by atoms with Crippen LogP contribution in [0.2, 0.25) is 0 Å². The molecule has 1 atom stereocenters. The van der Waals surface area contributed by atoms with E-state index in [1.807, 2.05) is 42.7 Å². The first-order valence-electron chi connectivity index (χ1n) is 11.5. The number of carbonyl (C=O) groups excluding carboxylic acids is 1. The zero-order valence-electron chi connectivity index (χ0n) is 18.5. The van der Waals surface area contributed by atoms with E-state index in [0.717, 1.165) is 59.0 Å². The van der Waals surface area contributed by atoms with Gasteiger partial charge in [-0.1, -0.05) is 30.3 Å². The van der Waals surface area contributed by atoms with Crippen LogP contribution in [0, 0.1) is 0 Å². The van der Waals surface area contributed by atoms with E-state index in [1.165, 1.54) is 11.1 Å². The Morgan fingerprint density at radius 1 is 1.06 bits per heavy atom. The predicted molar refractivity (Wildman–Crippen MR) is 132 cm³/mol. The molecule has 0 amide bonds. The summed E-state index contributed by atoms with van der Waals surface area (Å²) in [5.74, 6) is 1.85. The van der Waals surface area contributed by atoms with Crippen molar-refractivity contribution in [2.24, 2.45) is 4.99 Å². The Kier molecular flexibility index (Phi) is 6.84. The van der Waals surface area contributed by atoms with Crippen LogP contribution in [0.4, 0.5) is 0 Å². The minimum atomic E-state index is 0.0290.